The first-order valence-electron chi connectivity index (χ1n) is 11.8. The maximum atomic E-state index is 13.0. The Morgan fingerprint density at radius 1 is 1.40 bits per heavy atom. The van der Waals surface area contributed by atoms with E-state index in [1.165, 1.54) is 13.2 Å². The van der Waals surface area contributed by atoms with Crippen molar-refractivity contribution in [3.63, 3.8) is 0 Å². The van der Waals surface area contributed by atoms with Crippen LogP contribution in [0.15, 0.2) is 35.5 Å². The van der Waals surface area contributed by atoms with Crippen LogP contribution in [-0.4, -0.2) is 84.6 Å². The Hall–Kier alpha value is -2.53. The van der Waals surface area contributed by atoms with Crippen molar-refractivity contribution >= 4 is 17.9 Å². The summed E-state index contributed by atoms with van der Waals surface area (Å²) in [7, 11) is 1.23. The van der Waals surface area contributed by atoms with Crippen LogP contribution < -0.4 is 0 Å². The van der Waals surface area contributed by atoms with Crippen molar-refractivity contribution in [1.29, 1.82) is 0 Å². The molecule has 0 aromatic heterocycles. The highest BCUT2D eigenvalue weighted by Gasteiger charge is 2.61. The molecule has 2 saturated heterocycles. The highest BCUT2D eigenvalue weighted by atomic mass is 16.6. The minimum absolute atomic E-state index is 0.0251. The number of methoxy groups -OCH3 is 1. The van der Waals surface area contributed by atoms with Crippen LogP contribution in [0.5, 0.6) is 0 Å². The molecule has 1 aliphatic carbocycles. The number of aliphatic hydroxyl groups is 2. The summed E-state index contributed by atoms with van der Waals surface area (Å²) in [5.41, 5.74) is -0.918. The van der Waals surface area contributed by atoms with E-state index < -0.39 is 60.4 Å². The highest BCUT2D eigenvalue weighted by molar-refractivity contribution is 5.93. The number of fused-ring (bicyclic) bond motifs is 1. The lowest BCUT2D eigenvalue weighted by Gasteiger charge is -2.37. The third-order valence-electron chi connectivity index (χ3n) is 6.92. The van der Waals surface area contributed by atoms with E-state index >= 15 is 0 Å². The van der Waals surface area contributed by atoms with E-state index in [1.807, 2.05) is 6.92 Å². The van der Waals surface area contributed by atoms with Gasteiger partial charge in [-0.2, -0.15) is 0 Å². The fourth-order valence-electron chi connectivity index (χ4n) is 4.48. The average molecular weight is 495 g/mol. The Labute approximate surface area is 204 Å². The summed E-state index contributed by atoms with van der Waals surface area (Å²) in [5, 5.41) is 20.8. The topological polar surface area (TPSA) is 141 Å². The zero-order valence-electron chi connectivity index (χ0n) is 20.5. The normalized spacial score (nSPS) is 33.9. The van der Waals surface area contributed by atoms with Crippen molar-refractivity contribution in [2.75, 3.05) is 20.3 Å². The summed E-state index contributed by atoms with van der Waals surface area (Å²) in [4.78, 5) is 38.5. The molecule has 0 bridgehead atoms. The Morgan fingerprint density at radius 2 is 2.09 bits per heavy atom. The highest BCUT2D eigenvalue weighted by Crippen LogP contribution is 2.46. The third kappa shape index (κ3) is 5.35. The summed E-state index contributed by atoms with van der Waals surface area (Å²) in [6.07, 6.45) is -0.952. The summed E-state index contributed by atoms with van der Waals surface area (Å²) in [6.45, 7) is 8.75. The summed E-state index contributed by atoms with van der Waals surface area (Å²) in [6, 6.07) is 0. The number of ether oxygens (including phenoxy) is 5. The molecular weight excluding hydrogens is 460 g/mol. The van der Waals surface area contributed by atoms with Crippen LogP contribution >= 0.6 is 0 Å². The number of aliphatic hydroxyl groups excluding tert-OH is 2. The standard InChI is InChI=1S/C25H34O10/c1-6-13(3)33-18-16(24(30)31-5)9-8-10-25(12-32-25)21(27)20-17(14(4)22(28)35-20)19(18)34-23(29)15(7-2)11-26/h7,9,13,17-21,26-27H,4,6,8,10-12H2,1-3,5H3. The van der Waals surface area contributed by atoms with Crippen molar-refractivity contribution in [2.24, 2.45) is 5.92 Å². The van der Waals surface area contributed by atoms with Gasteiger partial charge in [-0.25, -0.2) is 14.4 Å². The Bertz CT molecular complexity index is 915. The van der Waals surface area contributed by atoms with Crippen LogP contribution in [0.3, 0.4) is 0 Å². The van der Waals surface area contributed by atoms with E-state index in [2.05, 4.69) is 6.58 Å². The number of hydrogen-bond donors (Lipinski definition) is 2. The van der Waals surface area contributed by atoms with Gasteiger partial charge in [0.25, 0.3) is 0 Å². The van der Waals surface area contributed by atoms with Gasteiger partial charge in [0, 0.05) is 5.57 Å². The molecule has 0 amide bonds. The van der Waals surface area contributed by atoms with Crippen LogP contribution in [0.4, 0.5) is 0 Å². The molecule has 194 valence electrons. The molecule has 3 aliphatic rings. The zero-order chi connectivity index (χ0) is 25.9. The van der Waals surface area contributed by atoms with Gasteiger partial charge in [-0.05, 0) is 33.1 Å². The van der Waals surface area contributed by atoms with E-state index in [9.17, 15) is 24.6 Å². The van der Waals surface area contributed by atoms with Crippen LogP contribution in [0.1, 0.15) is 40.0 Å². The first-order valence-corrected chi connectivity index (χ1v) is 11.8. The molecule has 7 unspecified atom stereocenters. The molecule has 0 aromatic rings. The van der Waals surface area contributed by atoms with Gasteiger partial charge >= 0.3 is 17.9 Å². The second-order valence-corrected chi connectivity index (χ2v) is 9.03. The molecule has 0 radical (unpaired) electrons. The van der Waals surface area contributed by atoms with Crippen LogP contribution in [0.25, 0.3) is 0 Å². The average Bonchev–Trinajstić information content (AvgIpc) is 3.58. The van der Waals surface area contributed by atoms with E-state index in [-0.39, 0.29) is 29.4 Å². The number of esters is 3. The van der Waals surface area contributed by atoms with E-state index in [0.717, 1.165) is 0 Å². The smallest absolute Gasteiger partial charge is 0.336 e. The number of hydrogen-bond acceptors (Lipinski definition) is 10. The molecule has 2 fully saturated rings. The Kier molecular flexibility index (Phi) is 8.53. The SMILES string of the molecule is C=C1C(=O)OC2C1C(OC(=O)C(=CC)CO)C(OC(C)CC)C(C(=O)OC)=CCCC1(CO1)C2O. The maximum absolute atomic E-state index is 13.0. The minimum atomic E-state index is -1.31. The lowest BCUT2D eigenvalue weighted by Crippen LogP contribution is -2.52. The third-order valence-corrected chi connectivity index (χ3v) is 6.92. The van der Waals surface area contributed by atoms with Gasteiger partial charge in [0.1, 0.15) is 30.0 Å². The molecule has 2 N–H and O–H groups in total. The minimum Gasteiger partial charge on any atom is -0.466 e. The van der Waals surface area contributed by atoms with Crippen LogP contribution in [0.2, 0.25) is 0 Å². The monoisotopic (exact) mass is 494 g/mol. The second kappa shape index (κ2) is 11.0. The largest absolute Gasteiger partial charge is 0.466 e. The molecule has 3 rings (SSSR count). The van der Waals surface area contributed by atoms with Crippen molar-refractivity contribution < 1.29 is 48.3 Å². The molecular formula is C25H34O10. The van der Waals surface area contributed by atoms with Crippen molar-refractivity contribution in [3.8, 4) is 0 Å². The van der Waals surface area contributed by atoms with Crippen LogP contribution in [-0.2, 0) is 38.1 Å². The quantitative estimate of drug-likeness (QED) is 0.229. The van der Waals surface area contributed by atoms with Gasteiger partial charge in [0.2, 0.25) is 0 Å². The molecule has 10 heteroatoms. The van der Waals surface area contributed by atoms with Gasteiger partial charge in [-0.3, -0.25) is 0 Å². The molecule has 35 heavy (non-hydrogen) atoms. The summed E-state index contributed by atoms with van der Waals surface area (Å²) < 4.78 is 28.2. The van der Waals surface area contributed by atoms with Gasteiger partial charge in [-0.15, -0.1) is 0 Å². The molecule has 0 aromatic carbocycles. The molecule has 0 saturated carbocycles. The van der Waals surface area contributed by atoms with E-state index in [1.54, 1.807) is 19.9 Å². The van der Waals surface area contributed by atoms with Gasteiger partial charge in [0.15, 0.2) is 0 Å². The summed E-state index contributed by atoms with van der Waals surface area (Å²) >= 11 is 0. The predicted molar refractivity (Wildman–Crippen MR) is 122 cm³/mol. The number of carbonyl (C=O) groups is 3. The first kappa shape index (κ1) is 27.1. The Balaban J connectivity index is 2.19. The van der Waals surface area contributed by atoms with E-state index in [0.29, 0.717) is 19.3 Å². The van der Waals surface area contributed by atoms with Crippen molar-refractivity contribution in [2.45, 2.75) is 76.2 Å². The molecule has 2 heterocycles. The maximum Gasteiger partial charge on any atom is 0.336 e. The van der Waals surface area contributed by atoms with Gasteiger partial charge < -0.3 is 33.9 Å². The summed E-state index contributed by atoms with van der Waals surface area (Å²) in [5.74, 6) is -3.36. The lowest BCUT2D eigenvalue weighted by atomic mass is 9.78. The lowest BCUT2D eigenvalue weighted by molar-refractivity contribution is -0.169. The number of epoxide rings is 1. The predicted octanol–water partition coefficient (Wildman–Crippen LogP) is 1.14. The molecule has 2 aliphatic heterocycles. The van der Waals surface area contributed by atoms with Gasteiger partial charge in [0.05, 0.1) is 43.5 Å². The van der Waals surface area contributed by atoms with Crippen molar-refractivity contribution in [1.82, 2.24) is 0 Å². The van der Waals surface area contributed by atoms with Gasteiger partial charge in [-0.1, -0.05) is 25.7 Å². The van der Waals surface area contributed by atoms with Crippen LogP contribution in [0, 0.1) is 5.92 Å². The Morgan fingerprint density at radius 3 is 2.63 bits per heavy atom. The molecule has 7 atom stereocenters. The van der Waals surface area contributed by atoms with Crippen molar-refractivity contribution in [3.05, 3.63) is 35.5 Å². The number of allylic oxidation sites excluding steroid dienone is 2. The fraction of sp³-hybridized carbons (Fsp3) is 0.640. The second-order valence-electron chi connectivity index (χ2n) is 9.03. The fourth-order valence-corrected chi connectivity index (χ4v) is 4.48. The first-order chi connectivity index (χ1) is 16.6. The molecule has 10 nitrogen and oxygen atoms in total. The molecule has 1 spiro atoms. The van der Waals surface area contributed by atoms with E-state index in [4.69, 9.17) is 23.7 Å². The zero-order valence-corrected chi connectivity index (χ0v) is 20.5. The number of rotatable bonds is 7. The number of carbonyl (C=O) groups excluding carboxylic acids is 3.